The first-order chi connectivity index (χ1) is 11.0. The molecule has 138 valence electrons. The van der Waals surface area contributed by atoms with Crippen LogP contribution in [0.3, 0.4) is 0 Å². The van der Waals surface area contributed by atoms with Gasteiger partial charge in [0.2, 0.25) is 5.91 Å². The third kappa shape index (κ3) is 7.06. The average molecular weight is 451 g/mol. The van der Waals surface area contributed by atoms with E-state index in [9.17, 15) is 4.79 Å². The summed E-state index contributed by atoms with van der Waals surface area (Å²) in [6.45, 7) is 7.94. The third-order valence-electron chi connectivity index (χ3n) is 3.48. The minimum atomic E-state index is 0. The minimum Gasteiger partial charge on any atom is -0.361 e. The molecule has 1 heterocycles. The molecular weight excluding hydrogens is 421 g/mol. The second-order valence-electron chi connectivity index (χ2n) is 5.40. The number of hydrogen-bond acceptors (Lipinski definition) is 4. The van der Waals surface area contributed by atoms with Gasteiger partial charge in [-0.3, -0.25) is 4.79 Å². The van der Waals surface area contributed by atoms with Crippen LogP contribution in [0, 0.1) is 0 Å². The van der Waals surface area contributed by atoms with Crippen molar-refractivity contribution in [3.63, 3.8) is 0 Å². The lowest BCUT2D eigenvalue weighted by atomic mass is 10.1. The van der Waals surface area contributed by atoms with Gasteiger partial charge in [0.05, 0.1) is 12.2 Å². The molecule has 0 fully saturated rings. The molecule has 0 saturated carbocycles. The van der Waals surface area contributed by atoms with Gasteiger partial charge in [-0.05, 0) is 13.3 Å². The number of halogens is 1. The van der Waals surface area contributed by atoms with Crippen molar-refractivity contribution in [2.75, 3.05) is 27.2 Å². The maximum atomic E-state index is 11.6. The zero-order chi connectivity index (χ0) is 17.2. The normalized spacial score (nSPS) is 11.0. The van der Waals surface area contributed by atoms with Crippen LogP contribution in [0.4, 0.5) is 0 Å². The molecule has 0 unspecified atom stereocenters. The molecule has 0 saturated heterocycles. The third-order valence-corrected chi connectivity index (χ3v) is 3.48. The molecule has 0 aliphatic rings. The Morgan fingerprint density at radius 1 is 1.21 bits per heavy atom. The lowest BCUT2D eigenvalue weighted by Crippen LogP contribution is -2.39. The summed E-state index contributed by atoms with van der Waals surface area (Å²) in [6, 6.07) is 0. The zero-order valence-electron chi connectivity index (χ0n) is 15.3. The van der Waals surface area contributed by atoms with E-state index in [2.05, 4.69) is 27.7 Å². The summed E-state index contributed by atoms with van der Waals surface area (Å²) in [5.74, 6) is 1.68. The van der Waals surface area contributed by atoms with Crippen molar-refractivity contribution >= 4 is 35.8 Å². The lowest BCUT2D eigenvalue weighted by molar-refractivity contribution is -0.128. The Morgan fingerprint density at radius 2 is 1.92 bits per heavy atom. The zero-order valence-corrected chi connectivity index (χ0v) is 17.6. The predicted molar refractivity (Wildman–Crippen MR) is 107 cm³/mol. The van der Waals surface area contributed by atoms with Crippen LogP contribution < -0.4 is 10.6 Å². The van der Waals surface area contributed by atoms with E-state index in [1.165, 1.54) is 0 Å². The van der Waals surface area contributed by atoms with Crippen LogP contribution in [0.1, 0.15) is 44.2 Å². The van der Waals surface area contributed by atoms with E-state index < -0.39 is 0 Å². The molecule has 0 aliphatic carbocycles. The fourth-order valence-corrected chi connectivity index (χ4v) is 2.13. The van der Waals surface area contributed by atoms with Crippen LogP contribution in [-0.2, 0) is 24.2 Å². The van der Waals surface area contributed by atoms with Crippen molar-refractivity contribution in [1.82, 2.24) is 20.7 Å². The number of nitrogens with one attached hydrogen (secondary N) is 2. The Hall–Kier alpha value is -1.32. The smallest absolute Gasteiger partial charge is 0.223 e. The highest BCUT2D eigenvalue weighted by atomic mass is 127. The first-order valence-corrected chi connectivity index (χ1v) is 8.21. The number of nitrogens with zero attached hydrogens (tertiary/aromatic N) is 3. The number of aliphatic imine (C=N–C) groups is 1. The molecular formula is C16H30IN5O2. The molecule has 1 rings (SSSR count). The van der Waals surface area contributed by atoms with Gasteiger partial charge in [-0.25, -0.2) is 4.99 Å². The van der Waals surface area contributed by atoms with E-state index in [4.69, 9.17) is 4.52 Å². The molecule has 0 aromatic carbocycles. The lowest BCUT2D eigenvalue weighted by Gasteiger charge is -2.13. The maximum Gasteiger partial charge on any atom is 0.223 e. The van der Waals surface area contributed by atoms with Crippen molar-refractivity contribution in [1.29, 1.82) is 0 Å². The highest BCUT2D eigenvalue weighted by Crippen LogP contribution is 2.16. The van der Waals surface area contributed by atoms with Crippen molar-refractivity contribution in [2.45, 2.75) is 46.6 Å². The number of guanidine groups is 1. The van der Waals surface area contributed by atoms with Gasteiger partial charge in [0.25, 0.3) is 0 Å². The minimum absolute atomic E-state index is 0. The first kappa shape index (κ1) is 22.7. The van der Waals surface area contributed by atoms with Crippen LogP contribution >= 0.6 is 24.0 Å². The van der Waals surface area contributed by atoms with Crippen LogP contribution in [0.2, 0.25) is 0 Å². The Labute approximate surface area is 161 Å². The summed E-state index contributed by atoms with van der Waals surface area (Å²) in [5.41, 5.74) is 2.03. The Bertz CT molecular complexity index is 507. The van der Waals surface area contributed by atoms with E-state index in [1.54, 1.807) is 19.0 Å². The van der Waals surface area contributed by atoms with Crippen LogP contribution in [0.15, 0.2) is 9.52 Å². The van der Waals surface area contributed by atoms with Crippen LogP contribution in [0.5, 0.6) is 0 Å². The Morgan fingerprint density at radius 3 is 2.46 bits per heavy atom. The summed E-state index contributed by atoms with van der Waals surface area (Å²) in [7, 11) is 3.51. The van der Waals surface area contributed by atoms with E-state index >= 15 is 0 Å². The summed E-state index contributed by atoms with van der Waals surface area (Å²) >= 11 is 0. The molecule has 1 amide bonds. The highest BCUT2D eigenvalue weighted by Gasteiger charge is 2.13. The molecule has 24 heavy (non-hydrogen) atoms. The van der Waals surface area contributed by atoms with E-state index in [0.29, 0.717) is 25.5 Å². The van der Waals surface area contributed by atoms with Crippen molar-refractivity contribution in [2.24, 2.45) is 4.99 Å². The number of aromatic nitrogens is 1. The van der Waals surface area contributed by atoms with Crippen LogP contribution in [-0.4, -0.2) is 49.1 Å². The molecule has 0 bridgehead atoms. The highest BCUT2D eigenvalue weighted by molar-refractivity contribution is 14.0. The average Bonchev–Trinajstić information content (AvgIpc) is 2.94. The fraction of sp³-hybridized carbons (Fsp3) is 0.688. The second-order valence-corrected chi connectivity index (χ2v) is 5.40. The van der Waals surface area contributed by atoms with Gasteiger partial charge in [0.1, 0.15) is 5.76 Å². The Kier molecular flexibility index (Phi) is 11.4. The number of carbonyl (C=O) groups is 1. The first-order valence-electron chi connectivity index (χ1n) is 8.21. The number of rotatable bonds is 8. The molecule has 2 N–H and O–H groups in total. The van der Waals surface area contributed by atoms with Gasteiger partial charge in [0, 0.05) is 45.6 Å². The number of amides is 1. The van der Waals surface area contributed by atoms with Crippen molar-refractivity contribution in [3.05, 3.63) is 17.0 Å². The SMILES string of the molecule is CCNC(=NCc1c(CC)noc1CC)NCCC(=O)N(C)C.I. The molecule has 7 nitrogen and oxygen atoms in total. The van der Waals surface area contributed by atoms with Gasteiger partial charge in [-0.2, -0.15) is 0 Å². The molecule has 1 aromatic rings. The standard InChI is InChI=1S/C16H29N5O2.HI/c1-6-13-12(14(7-2)23-20-13)11-19-16(17-8-3)18-10-9-15(22)21(4)5;/h6-11H2,1-5H3,(H2,17,18,19);1H. The number of hydrogen-bond donors (Lipinski definition) is 2. The van der Waals surface area contributed by atoms with Gasteiger partial charge in [-0.15, -0.1) is 24.0 Å². The largest absolute Gasteiger partial charge is 0.361 e. The maximum absolute atomic E-state index is 11.6. The summed E-state index contributed by atoms with van der Waals surface area (Å²) in [6.07, 6.45) is 2.07. The Balaban J connectivity index is 0.00000529. The van der Waals surface area contributed by atoms with E-state index in [-0.39, 0.29) is 29.9 Å². The second kappa shape index (κ2) is 12.1. The number of carbonyl (C=O) groups excluding carboxylic acids is 1. The molecule has 1 aromatic heterocycles. The quantitative estimate of drug-likeness (QED) is 0.359. The van der Waals surface area contributed by atoms with Gasteiger partial charge >= 0.3 is 0 Å². The predicted octanol–water partition coefficient (Wildman–Crippen LogP) is 1.95. The van der Waals surface area contributed by atoms with E-state index in [1.807, 2.05) is 13.8 Å². The monoisotopic (exact) mass is 451 g/mol. The molecule has 8 heteroatoms. The van der Waals surface area contributed by atoms with Gasteiger partial charge < -0.3 is 20.1 Å². The molecule has 0 aliphatic heterocycles. The summed E-state index contributed by atoms with van der Waals surface area (Å²) in [5, 5.41) is 10.5. The fourth-order valence-electron chi connectivity index (χ4n) is 2.13. The van der Waals surface area contributed by atoms with Crippen molar-refractivity contribution in [3.8, 4) is 0 Å². The summed E-state index contributed by atoms with van der Waals surface area (Å²) in [4.78, 5) is 17.8. The van der Waals surface area contributed by atoms with Gasteiger partial charge in [0.15, 0.2) is 5.96 Å². The summed E-state index contributed by atoms with van der Waals surface area (Å²) < 4.78 is 5.36. The molecule has 0 radical (unpaired) electrons. The molecule has 0 spiro atoms. The topological polar surface area (TPSA) is 82.8 Å². The number of aryl methyl sites for hydroxylation is 2. The van der Waals surface area contributed by atoms with Crippen LogP contribution in [0.25, 0.3) is 0 Å². The van der Waals surface area contributed by atoms with E-state index in [0.717, 1.165) is 36.4 Å². The van der Waals surface area contributed by atoms with Gasteiger partial charge in [-0.1, -0.05) is 19.0 Å². The van der Waals surface area contributed by atoms with Crippen molar-refractivity contribution < 1.29 is 9.32 Å². The molecule has 0 atom stereocenters.